The lowest BCUT2D eigenvalue weighted by atomic mass is 9.95. The summed E-state index contributed by atoms with van der Waals surface area (Å²) in [4.78, 5) is 29.4. The molecule has 0 radical (unpaired) electrons. The highest BCUT2D eigenvalue weighted by Gasteiger charge is 2.22. The summed E-state index contributed by atoms with van der Waals surface area (Å²) in [5.74, 6) is 0.365. The summed E-state index contributed by atoms with van der Waals surface area (Å²) in [6.07, 6.45) is 5.43. The van der Waals surface area contributed by atoms with E-state index in [0.29, 0.717) is 17.0 Å². The number of benzene rings is 1. The molecule has 154 valence electrons. The van der Waals surface area contributed by atoms with Crippen molar-refractivity contribution in [3.05, 3.63) is 70.0 Å². The fourth-order valence-electron chi connectivity index (χ4n) is 3.62. The van der Waals surface area contributed by atoms with Crippen LogP contribution in [0.3, 0.4) is 0 Å². The molecule has 2 aromatic heterocycles. The molecular weight excluding hydrogens is 413 g/mol. The number of anilines is 1. The molecule has 6 nitrogen and oxygen atoms in total. The third-order valence-electron chi connectivity index (χ3n) is 5.02. The summed E-state index contributed by atoms with van der Waals surface area (Å²) >= 11 is 0. The molecule has 2 N–H and O–H groups in total. The van der Waals surface area contributed by atoms with Crippen LogP contribution < -0.4 is 16.3 Å². The zero-order valence-corrected chi connectivity index (χ0v) is 17.6. The van der Waals surface area contributed by atoms with Gasteiger partial charge in [0.15, 0.2) is 0 Å². The number of fused-ring (bicyclic) bond motifs is 1. The zero-order chi connectivity index (χ0) is 18.8. The van der Waals surface area contributed by atoms with Crippen molar-refractivity contribution in [1.29, 1.82) is 0 Å². The predicted octanol–water partition coefficient (Wildman–Crippen LogP) is 4.06. The second kappa shape index (κ2) is 9.87. The Morgan fingerprint density at radius 2 is 2.10 bits per heavy atom. The Kier molecular flexibility index (Phi) is 7.79. The van der Waals surface area contributed by atoms with Crippen LogP contribution in [-0.4, -0.2) is 24.0 Å². The second-order valence-electron chi connectivity index (χ2n) is 6.89. The predicted molar refractivity (Wildman–Crippen MR) is 119 cm³/mol. The largest absolute Gasteiger partial charge is 0.427 e. The van der Waals surface area contributed by atoms with Gasteiger partial charge in [-0.15, -0.1) is 24.8 Å². The SMILES string of the molecule is Cc1cc(C2CCCNC2)oc(=O)c1C(=O)Nc1cccc2cnccc12.Cl.Cl. The van der Waals surface area contributed by atoms with Crippen molar-refractivity contribution in [2.45, 2.75) is 25.7 Å². The summed E-state index contributed by atoms with van der Waals surface area (Å²) in [6.45, 7) is 3.55. The number of amides is 1. The standard InChI is InChI=1S/C21H21N3O3.2ClH/c1-13-10-18(15-5-3-8-22-12-15)27-21(26)19(13)20(25)24-17-6-2-4-14-11-23-9-7-16(14)17;;/h2,4,6-7,9-11,15,22H,3,5,8,12H2,1H3,(H,24,25);2*1H. The van der Waals surface area contributed by atoms with Gasteiger partial charge in [-0.2, -0.15) is 0 Å². The number of aryl methyl sites for hydroxylation is 1. The van der Waals surface area contributed by atoms with E-state index in [9.17, 15) is 9.59 Å². The van der Waals surface area contributed by atoms with Crippen LogP contribution in [0, 0.1) is 6.92 Å². The molecule has 1 aliphatic heterocycles. The highest BCUT2D eigenvalue weighted by Crippen LogP contribution is 2.25. The summed E-state index contributed by atoms with van der Waals surface area (Å²) in [5.41, 5.74) is 0.731. The molecule has 1 atom stereocenters. The molecule has 1 aliphatic rings. The zero-order valence-electron chi connectivity index (χ0n) is 15.9. The number of aromatic nitrogens is 1. The van der Waals surface area contributed by atoms with Crippen LogP contribution >= 0.6 is 24.8 Å². The van der Waals surface area contributed by atoms with Gasteiger partial charge in [-0.1, -0.05) is 12.1 Å². The van der Waals surface area contributed by atoms with Crippen molar-refractivity contribution in [2.75, 3.05) is 18.4 Å². The van der Waals surface area contributed by atoms with E-state index in [2.05, 4.69) is 15.6 Å². The topological polar surface area (TPSA) is 84.2 Å². The molecule has 3 aromatic rings. The average molecular weight is 436 g/mol. The minimum atomic E-state index is -0.588. The van der Waals surface area contributed by atoms with Crippen LogP contribution in [0.15, 0.2) is 51.9 Å². The first kappa shape index (κ1) is 22.9. The van der Waals surface area contributed by atoms with Crippen LogP contribution in [0.4, 0.5) is 5.69 Å². The number of nitrogens with one attached hydrogen (secondary N) is 2. The maximum atomic E-state index is 12.8. The van der Waals surface area contributed by atoms with Crippen LogP contribution in [-0.2, 0) is 0 Å². The van der Waals surface area contributed by atoms with Gasteiger partial charge in [-0.05, 0) is 50.1 Å². The lowest BCUT2D eigenvalue weighted by molar-refractivity contribution is 0.102. The van der Waals surface area contributed by atoms with Gasteiger partial charge in [0.05, 0.1) is 0 Å². The molecule has 1 unspecified atom stereocenters. The van der Waals surface area contributed by atoms with Crippen LogP contribution in [0.1, 0.15) is 40.4 Å². The highest BCUT2D eigenvalue weighted by atomic mass is 35.5. The van der Waals surface area contributed by atoms with Gasteiger partial charge in [-0.25, -0.2) is 4.79 Å². The summed E-state index contributed by atoms with van der Waals surface area (Å²) in [6, 6.07) is 9.22. The van der Waals surface area contributed by atoms with Crippen molar-refractivity contribution in [3.8, 4) is 0 Å². The highest BCUT2D eigenvalue weighted by molar-refractivity contribution is 6.09. The van der Waals surface area contributed by atoms with E-state index in [1.54, 1.807) is 25.4 Å². The van der Waals surface area contributed by atoms with E-state index in [0.717, 1.165) is 36.7 Å². The Labute approximate surface area is 180 Å². The smallest absolute Gasteiger partial charge is 0.349 e. The van der Waals surface area contributed by atoms with E-state index in [-0.39, 0.29) is 36.3 Å². The first-order valence-electron chi connectivity index (χ1n) is 9.13. The van der Waals surface area contributed by atoms with E-state index in [1.807, 2.05) is 24.3 Å². The quantitative estimate of drug-likeness (QED) is 0.647. The van der Waals surface area contributed by atoms with Crippen LogP contribution in [0.5, 0.6) is 0 Å². The first-order chi connectivity index (χ1) is 13.1. The van der Waals surface area contributed by atoms with Gasteiger partial charge in [0.1, 0.15) is 11.3 Å². The number of hydrogen-bond acceptors (Lipinski definition) is 5. The first-order valence-corrected chi connectivity index (χ1v) is 9.13. The maximum Gasteiger partial charge on any atom is 0.349 e. The van der Waals surface area contributed by atoms with Gasteiger partial charge in [-0.3, -0.25) is 9.78 Å². The lowest BCUT2D eigenvalue weighted by Crippen LogP contribution is -2.30. The van der Waals surface area contributed by atoms with Crippen molar-refractivity contribution < 1.29 is 9.21 Å². The molecule has 0 bridgehead atoms. The molecule has 1 aromatic carbocycles. The fourth-order valence-corrected chi connectivity index (χ4v) is 3.62. The molecule has 29 heavy (non-hydrogen) atoms. The fraction of sp³-hybridized carbons (Fsp3) is 0.286. The van der Waals surface area contributed by atoms with E-state index in [1.165, 1.54) is 0 Å². The Balaban J connectivity index is 0.00000150. The number of halogens is 2. The second-order valence-corrected chi connectivity index (χ2v) is 6.89. The minimum Gasteiger partial charge on any atom is -0.427 e. The number of pyridine rings is 1. The van der Waals surface area contributed by atoms with Crippen molar-refractivity contribution in [2.24, 2.45) is 0 Å². The minimum absolute atomic E-state index is 0. The van der Waals surface area contributed by atoms with Gasteiger partial charge in [0.25, 0.3) is 5.91 Å². The molecule has 1 saturated heterocycles. The molecule has 8 heteroatoms. The molecule has 3 heterocycles. The summed E-state index contributed by atoms with van der Waals surface area (Å²) < 4.78 is 5.51. The van der Waals surface area contributed by atoms with Crippen LogP contribution in [0.25, 0.3) is 10.8 Å². The molecule has 0 saturated carbocycles. The number of nitrogens with zero attached hydrogens (tertiary/aromatic N) is 1. The molecule has 0 spiro atoms. The van der Waals surface area contributed by atoms with Gasteiger partial charge in [0, 0.05) is 41.3 Å². The molecule has 4 rings (SSSR count). The van der Waals surface area contributed by atoms with Gasteiger partial charge >= 0.3 is 5.63 Å². The van der Waals surface area contributed by atoms with Crippen molar-refractivity contribution in [3.63, 3.8) is 0 Å². The van der Waals surface area contributed by atoms with Gasteiger partial charge in [0.2, 0.25) is 0 Å². The Morgan fingerprint density at radius 1 is 1.28 bits per heavy atom. The van der Waals surface area contributed by atoms with E-state index in [4.69, 9.17) is 4.42 Å². The lowest BCUT2D eigenvalue weighted by Gasteiger charge is -2.22. The third kappa shape index (κ3) is 4.78. The Bertz CT molecular complexity index is 1060. The van der Waals surface area contributed by atoms with Crippen LogP contribution in [0.2, 0.25) is 0 Å². The normalized spacial score (nSPS) is 15.8. The number of carbonyl (C=O) groups excluding carboxylic acids is 1. The Morgan fingerprint density at radius 3 is 2.83 bits per heavy atom. The van der Waals surface area contributed by atoms with E-state index >= 15 is 0 Å². The maximum absolute atomic E-state index is 12.8. The molecule has 1 amide bonds. The monoisotopic (exact) mass is 435 g/mol. The molecule has 1 fully saturated rings. The molecule has 0 aliphatic carbocycles. The molecular formula is C21H23Cl2N3O3. The average Bonchev–Trinajstić information content (AvgIpc) is 2.68. The third-order valence-corrected chi connectivity index (χ3v) is 5.02. The number of piperidine rings is 1. The van der Waals surface area contributed by atoms with Crippen molar-refractivity contribution in [1.82, 2.24) is 10.3 Å². The summed E-state index contributed by atoms with van der Waals surface area (Å²) in [7, 11) is 0. The summed E-state index contributed by atoms with van der Waals surface area (Å²) in [5, 5.41) is 7.94. The number of rotatable bonds is 3. The van der Waals surface area contributed by atoms with Crippen molar-refractivity contribution >= 4 is 47.2 Å². The number of carbonyl (C=O) groups is 1. The number of hydrogen-bond donors (Lipinski definition) is 2. The Hall–Kier alpha value is -2.41. The van der Waals surface area contributed by atoms with Gasteiger partial charge < -0.3 is 15.1 Å². The van der Waals surface area contributed by atoms with E-state index < -0.39 is 11.5 Å².